The van der Waals surface area contributed by atoms with Crippen LogP contribution < -0.4 is 5.73 Å². The molecule has 0 saturated heterocycles. The second kappa shape index (κ2) is 6.45. The van der Waals surface area contributed by atoms with Crippen molar-refractivity contribution < 1.29 is 8.78 Å². The summed E-state index contributed by atoms with van der Waals surface area (Å²) in [6, 6.07) is 11.1. The van der Waals surface area contributed by atoms with Crippen molar-refractivity contribution in [1.82, 2.24) is 4.90 Å². The maximum Gasteiger partial charge on any atom is 0.138 e. The lowest BCUT2D eigenvalue weighted by Gasteiger charge is -2.18. The van der Waals surface area contributed by atoms with Crippen molar-refractivity contribution in [3.63, 3.8) is 0 Å². The van der Waals surface area contributed by atoms with Gasteiger partial charge < -0.3 is 5.73 Å². The van der Waals surface area contributed by atoms with Gasteiger partial charge in [0.1, 0.15) is 17.5 Å². The lowest BCUT2D eigenvalue weighted by Crippen LogP contribution is -2.20. The largest absolute Gasteiger partial charge is 0.384 e. The number of nitrogens with one attached hydrogen (secondary N) is 1. The molecule has 2 aromatic carbocycles. The van der Waals surface area contributed by atoms with E-state index in [1.807, 2.05) is 18.0 Å². The van der Waals surface area contributed by atoms with Gasteiger partial charge in [0, 0.05) is 18.7 Å². The highest BCUT2D eigenvalue weighted by Crippen LogP contribution is 2.15. The number of hydrogen-bond donors (Lipinski definition) is 2. The van der Waals surface area contributed by atoms with Crippen molar-refractivity contribution in [2.75, 3.05) is 7.05 Å². The van der Waals surface area contributed by atoms with E-state index >= 15 is 0 Å². The van der Waals surface area contributed by atoms with E-state index in [0.717, 1.165) is 5.56 Å². The molecule has 2 aromatic rings. The fraction of sp³-hybridized carbons (Fsp3) is 0.188. The second-order valence-electron chi connectivity index (χ2n) is 4.99. The first-order valence-corrected chi connectivity index (χ1v) is 6.52. The summed E-state index contributed by atoms with van der Waals surface area (Å²) < 4.78 is 27.3. The van der Waals surface area contributed by atoms with E-state index in [-0.39, 0.29) is 17.2 Å². The number of halogens is 2. The van der Waals surface area contributed by atoms with Gasteiger partial charge in [-0.25, -0.2) is 8.78 Å². The van der Waals surface area contributed by atoms with Gasteiger partial charge in [0.2, 0.25) is 0 Å². The van der Waals surface area contributed by atoms with Crippen LogP contribution in [-0.2, 0) is 13.1 Å². The predicted octanol–water partition coefficient (Wildman–Crippen LogP) is 2.88. The minimum absolute atomic E-state index is 0.103. The minimum atomic E-state index is -0.476. The van der Waals surface area contributed by atoms with Crippen LogP contribution >= 0.6 is 0 Å². The van der Waals surface area contributed by atoms with Gasteiger partial charge in [-0.15, -0.1) is 0 Å². The van der Waals surface area contributed by atoms with Crippen LogP contribution in [0.1, 0.15) is 16.7 Å². The monoisotopic (exact) mass is 289 g/mol. The van der Waals surface area contributed by atoms with E-state index in [2.05, 4.69) is 0 Å². The Balaban J connectivity index is 2.11. The highest BCUT2D eigenvalue weighted by molar-refractivity contribution is 5.95. The zero-order chi connectivity index (χ0) is 15.4. The van der Waals surface area contributed by atoms with Crippen molar-refractivity contribution in [2.24, 2.45) is 5.73 Å². The Morgan fingerprint density at radius 2 is 1.86 bits per heavy atom. The van der Waals surface area contributed by atoms with Crippen LogP contribution in [0.15, 0.2) is 42.5 Å². The molecule has 0 aromatic heterocycles. The summed E-state index contributed by atoms with van der Waals surface area (Å²) >= 11 is 0. The molecule has 0 aliphatic heterocycles. The van der Waals surface area contributed by atoms with Crippen LogP contribution in [0, 0.1) is 17.0 Å². The molecule has 0 atom stereocenters. The maximum atomic E-state index is 14.2. The Hall–Kier alpha value is -2.27. The molecule has 3 nitrogen and oxygen atoms in total. The van der Waals surface area contributed by atoms with Crippen LogP contribution in [-0.4, -0.2) is 17.8 Å². The van der Waals surface area contributed by atoms with Crippen LogP contribution in [0.25, 0.3) is 0 Å². The van der Waals surface area contributed by atoms with Crippen molar-refractivity contribution in [3.05, 3.63) is 70.8 Å². The van der Waals surface area contributed by atoms with Crippen LogP contribution in [0.3, 0.4) is 0 Å². The van der Waals surface area contributed by atoms with Crippen molar-refractivity contribution in [3.8, 4) is 0 Å². The third-order valence-electron chi connectivity index (χ3n) is 3.15. The second-order valence-corrected chi connectivity index (χ2v) is 4.99. The molecule has 3 N–H and O–H groups in total. The number of amidine groups is 1. The summed E-state index contributed by atoms with van der Waals surface area (Å²) in [4.78, 5) is 1.87. The smallest absolute Gasteiger partial charge is 0.138 e. The van der Waals surface area contributed by atoms with E-state index < -0.39 is 5.82 Å². The van der Waals surface area contributed by atoms with E-state index in [1.165, 1.54) is 18.2 Å². The minimum Gasteiger partial charge on any atom is -0.384 e. The molecule has 0 amide bonds. The molecule has 110 valence electrons. The summed E-state index contributed by atoms with van der Waals surface area (Å²) in [5.41, 5.74) is 6.73. The Morgan fingerprint density at radius 1 is 1.14 bits per heavy atom. The summed E-state index contributed by atoms with van der Waals surface area (Å²) in [6.45, 7) is 0.852. The summed E-state index contributed by atoms with van der Waals surface area (Å²) in [5, 5.41) is 7.34. The molecule has 0 spiro atoms. The molecular weight excluding hydrogens is 272 g/mol. The van der Waals surface area contributed by atoms with Gasteiger partial charge in [0.25, 0.3) is 0 Å². The highest BCUT2D eigenvalue weighted by atomic mass is 19.1. The van der Waals surface area contributed by atoms with Crippen molar-refractivity contribution >= 4 is 5.84 Å². The third-order valence-corrected chi connectivity index (χ3v) is 3.15. The predicted molar refractivity (Wildman–Crippen MR) is 79.0 cm³/mol. The van der Waals surface area contributed by atoms with Crippen molar-refractivity contribution in [2.45, 2.75) is 13.1 Å². The third kappa shape index (κ3) is 3.86. The molecule has 0 aliphatic rings. The lowest BCUT2D eigenvalue weighted by molar-refractivity contribution is 0.313. The molecule has 5 heteroatoms. The average molecular weight is 289 g/mol. The summed E-state index contributed by atoms with van der Waals surface area (Å²) in [5.74, 6) is -1.05. The molecule has 0 bridgehead atoms. The standard InChI is InChI=1S/C16H17F2N3/c1-21(9-11-4-2-6-13(17)8-11)10-12-5-3-7-14(15(12)18)16(19)20/h2-8H,9-10H2,1H3,(H3,19,20). The first-order chi connectivity index (χ1) is 9.97. The summed E-state index contributed by atoms with van der Waals surface area (Å²) in [6.07, 6.45) is 0. The zero-order valence-corrected chi connectivity index (χ0v) is 11.7. The Kier molecular flexibility index (Phi) is 4.65. The van der Waals surface area contributed by atoms with Crippen LogP contribution in [0.5, 0.6) is 0 Å². The van der Waals surface area contributed by atoms with E-state index in [1.54, 1.807) is 18.2 Å². The number of hydrogen-bond acceptors (Lipinski definition) is 2. The zero-order valence-electron chi connectivity index (χ0n) is 11.7. The SMILES string of the molecule is CN(Cc1cccc(F)c1)Cc1cccc(C(=N)N)c1F. The van der Waals surface area contributed by atoms with Gasteiger partial charge in [-0.3, -0.25) is 10.3 Å². The molecule has 0 radical (unpaired) electrons. The Labute approximate surface area is 122 Å². The number of rotatable bonds is 5. The van der Waals surface area contributed by atoms with E-state index in [9.17, 15) is 8.78 Å². The Morgan fingerprint density at radius 3 is 2.52 bits per heavy atom. The van der Waals surface area contributed by atoms with Crippen LogP contribution in [0.4, 0.5) is 8.78 Å². The van der Waals surface area contributed by atoms with E-state index in [0.29, 0.717) is 18.7 Å². The normalized spacial score (nSPS) is 10.9. The van der Waals surface area contributed by atoms with Gasteiger partial charge in [-0.1, -0.05) is 24.3 Å². The number of nitrogen functional groups attached to an aromatic ring is 1. The summed E-state index contributed by atoms with van der Waals surface area (Å²) in [7, 11) is 1.82. The fourth-order valence-corrected chi connectivity index (χ4v) is 2.20. The maximum absolute atomic E-state index is 14.2. The molecule has 0 unspecified atom stereocenters. The first kappa shape index (κ1) is 15.1. The van der Waals surface area contributed by atoms with Gasteiger partial charge >= 0.3 is 0 Å². The van der Waals surface area contributed by atoms with Gasteiger partial charge in [-0.2, -0.15) is 0 Å². The van der Waals surface area contributed by atoms with Crippen molar-refractivity contribution in [1.29, 1.82) is 5.41 Å². The Bertz CT molecular complexity index is 656. The van der Waals surface area contributed by atoms with E-state index in [4.69, 9.17) is 11.1 Å². The molecular formula is C16H17F2N3. The van der Waals surface area contributed by atoms with Gasteiger partial charge in [-0.05, 0) is 30.8 Å². The number of nitrogens with zero attached hydrogens (tertiary/aromatic N) is 1. The highest BCUT2D eigenvalue weighted by Gasteiger charge is 2.12. The van der Waals surface area contributed by atoms with Gasteiger partial charge in [0.05, 0.1) is 5.56 Å². The van der Waals surface area contributed by atoms with Crippen LogP contribution in [0.2, 0.25) is 0 Å². The van der Waals surface area contributed by atoms with Gasteiger partial charge in [0.15, 0.2) is 0 Å². The fourth-order valence-electron chi connectivity index (χ4n) is 2.20. The first-order valence-electron chi connectivity index (χ1n) is 6.52. The lowest BCUT2D eigenvalue weighted by atomic mass is 10.1. The number of benzene rings is 2. The quantitative estimate of drug-likeness (QED) is 0.657. The molecule has 2 rings (SSSR count). The molecule has 0 aliphatic carbocycles. The molecule has 0 heterocycles. The number of nitrogens with two attached hydrogens (primary N) is 1. The molecule has 0 saturated carbocycles. The molecule has 0 fully saturated rings. The topological polar surface area (TPSA) is 53.1 Å². The molecule has 21 heavy (non-hydrogen) atoms. The average Bonchev–Trinajstić information content (AvgIpc) is 2.40.